The van der Waals surface area contributed by atoms with Gasteiger partial charge in [-0.3, -0.25) is 9.69 Å². The average molecular weight is 445 g/mol. The minimum absolute atomic E-state index is 0.0757. The van der Waals surface area contributed by atoms with E-state index in [1.54, 1.807) is 6.07 Å². The van der Waals surface area contributed by atoms with Crippen LogP contribution in [0.15, 0.2) is 65.3 Å². The van der Waals surface area contributed by atoms with Crippen molar-refractivity contribution in [3.63, 3.8) is 0 Å². The molecule has 0 saturated carbocycles. The molecule has 3 rings (SSSR count). The monoisotopic (exact) mass is 445 g/mol. The third-order valence-corrected chi connectivity index (χ3v) is 5.27. The molecule has 1 aromatic heterocycles. The Labute approximate surface area is 185 Å². The number of benzene rings is 2. The Kier molecular flexibility index (Phi) is 7.69. The first-order valence-electron chi connectivity index (χ1n) is 10.4. The van der Waals surface area contributed by atoms with Crippen LogP contribution in [0.3, 0.4) is 0 Å². The van der Waals surface area contributed by atoms with Crippen molar-refractivity contribution in [2.45, 2.75) is 52.1 Å². The molecule has 0 aliphatic rings. The van der Waals surface area contributed by atoms with E-state index in [-0.39, 0.29) is 24.2 Å². The lowest BCUT2D eigenvalue weighted by Gasteiger charge is -2.27. The Morgan fingerprint density at radius 1 is 1.09 bits per heavy atom. The Balaban J connectivity index is 1.66. The Hall–Kier alpha value is -3.13. The molecule has 3 aromatic rings. The average Bonchev–Trinajstić information content (AvgIpc) is 3.25. The molecular weight excluding hydrogens is 419 g/mol. The summed E-state index contributed by atoms with van der Waals surface area (Å²) in [6.45, 7) is 4.94. The summed E-state index contributed by atoms with van der Waals surface area (Å²) in [7, 11) is 0. The van der Waals surface area contributed by atoms with Crippen molar-refractivity contribution < 1.29 is 22.4 Å². The van der Waals surface area contributed by atoms with Gasteiger partial charge in [-0.2, -0.15) is 13.2 Å². The molecule has 0 saturated heterocycles. The maximum atomic E-state index is 13.1. The summed E-state index contributed by atoms with van der Waals surface area (Å²) in [4.78, 5) is 18.6. The molecule has 170 valence electrons. The molecule has 1 N–H and O–H groups in total. The van der Waals surface area contributed by atoms with Crippen molar-refractivity contribution in [1.29, 1.82) is 0 Å². The minimum atomic E-state index is -4.39. The van der Waals surface area contributed by atoms with Crippen molar-refractivity contribution in [3.8, 4) is 0 Å². The zero-order valence-corrected chi connectivity index (χ0v) is 18.0. The number of hydrogen-bond acceptors (Lipinski definition) is 4. The highest BCUT2D eigenvalue weighted by molar-refractivity contribution is 5.91. The van der Waals surface area contributed by atoms with Crippen LogP contribution in [-0.2, 0) is 25.8 Å². The van der Waals surface area contributed by atoms with Crippen LogP contribution in [0.25, 0.3) is 0 Å². The SMILES string of the molecule is CCC(C)N(Cc1cccc(C(F)(F)F)c1)Cc1nc(C(=O)NCc2ccccc2)co1. The van der Waals surface area contributed by atoms with Gasteiger partial charge in [-0.15, -0.1) is 0 Å². The molecule has 0 spiro atoms. The first kappa shape index (κ1) is 23.5. The molecule has 0 aliphatic heterocycles. The second kappa shape index (κ2) is 10.5. The van der Waals surface area contributed by atoms with Crippen molar-refractivity contribution in [1.82, 2.24) is 15.2 Å². The largest absolute Gasteiger partial charge is 0.447 e. The van der Waals surface area contributed by atoms with E-state index in [4.69, 9.17) is 4.42 Å². The van der Waals surface area contributed by atoms with Crippen LogP contribution in [0.1, 0.15) is 53.3 Å². The fourth-order valence-electron chi connectivity index (χ4n) is 3.24. The third-order valence-electron chi connectivity index (χ3n) is 5.27. The van der Waals surface area contributed by atoms with E-state index in [1.807, 2.05) is 49.1 Å². The number of carbonyl (C=O) groups is 1. The number of oxazole rings is 1. The molecule has 2 aromatic carbocycles. The first-order valence-corrected chi connectivity index (χ1v) is 10.4. The predicted molar refractivity (Wildman–Crippen MR) is 115 cm³/mol. The highest BCUT2D eigenvalue weighted by Gasteiger charge is 2.30. The van der Waals surface area contributed by atoms with Gasteiger partial charge in [-0.1, -0.05) is 55.5 Å². The molecule has 0 bridgehead atoms. The fraction of sp³-hybridized carbons (Fsp3) is 0.333. The summed E-state index contributed by atoms with van der Waals surface area (Å²) in [6, 6.07) is 14.9. The van der Waals surface area contributed by atoms with Gasteiger partial charge in [0.05, 0.1) is 12.1 Å². The molecule has 0 radical (unpaired) electrons. The molecular formula is C24H26F3N3O2. The normalized spacial score (nSPS) is 12.7. The number of nitrogens with one attached hydrogen (secondary N) is 1. The highest BCUT2D eigenvalue weighted by Crippen LogP contribution is 2.30. The second-order valence-electron chi connectivity index (χ2n) is 7.66. The van der Waals surface area contributed by atoms with Crippen molar-refractivity contribution in [2.75, 3.05) is 0 Å². The van der Waals surface area contributed by atoms with E-state index in [9.17, 15) is 18.0 Å². The van der Waals surface area contributed by atoms with Gasteiger partial charge in [0.15, 0.2) is 5.69 Å². The smallest absolute Gasteiger partial charge is 0.416 e. The lowest BCUT2D eigenvalue weighted by molar-refractivity contribution is -0.137. The molecule has 1 amide bonds. The van der Waals surface area contributed by atoms with E-state index < -0.39 is 11.7 Å². The summed E-state index contributed by atoms with van der Waals surface area (Å²) in [5, 5.41) is 2.79. The summed E-state index contributed by atoms with van der Waals surface area (Å²) >= 11 is 0. The molecule has 32 heavy (non-hydrogen) atoms. The number of amides is 1. The van der Waals surface area contributed by atoms with Gasteiger partial charge in [-0.05, 0) is 30.5 Å². The van der Waals surface area contributed by atoms with Gasteiger partial charge >= 0.3 is 6.18 Å². The first-order chi connectivity index (χ1) is 15.3. The Morgan fingerprint density at radius 2 is 1.81 bits per heavy atom. The number of aromatic nitrogens is 1. The molecule has 0 aliphatic carbocycles. The van der Waals surface area contributed by atoms with Crippen LogP contribution in [0.5, 0.6) is 0 Å². The van der Waals surface area contributed by atoms with E-state index in [0.717, 1.165) is 24.1 Å². The van der Waals surface area contributed by atoms with Crippen LogP contribution in [0.4, 0.5) is 13.2 Å². The number of rotatable bonds is 9. The highest BCUT2D eigenvalue weighted by atomic mass is 19.4. The van der Waals surface area contributed by atoms with Gasteiger partial charge in [0.1, 0.15) is 6.26 Å². The van der Waals surface area contributed by atoms with Crippen LogP contribution in [0.2, 0.25) is 0 Å². The number of nitrogens with zero attached hydrogens (tertiary/aromatic N) is 2. The summed E-state index contributed by atoms with van der Waals surface area (Å²) in [5.41, 5.74) is 1.01. The van der Waals surface area contributed by atoms with E-state index in [1.165, 1.54) is 12.3 Å². The zero-order valence-electron chi connectivity index (χ0n) is 18.0. The lowest BCUT2D eigenvalue weighted by atomic mass is 10.1. The summed E-state index contributed by atoms with van der Waals surface area (Å²) < 4.78 is 44.6. The Bertz CT molecular complexity index is 1020. The zero-order chi connectivity index (χ0) is 23.1. The number of alkyl halides is 3. The van der Waals surface area contributed by atoms with Crippen LogP contribution < -0.4 is 5.32 Å². The summed E-state index contributed by atoms with van der Waals surface area (Å²) in [6.07, 6.45) is -2.29. The van der Waals surface area contributed by atoms with Gasteiger partial charge in [0.2, 0.25) is 5.89 Å². The molecule has 1 heterocycles. The van der Waals surface area contributed by atoms with Crippen LogP contribution in [0, 0.1) is 0 Å². The van der Waals surface area contributed by atoms with Gasteiger partial charge in [0, 0.05) is 19.1 Å². The fourth-order valence-corrected chi connectivity index (χ4v) is 3.24. The maximum Gasteiger partial charge on any atom is 0.416 e. The predicted octanol–water partition coefficient (Wildman–Crippen LogP) is 5.42. The van der Waals surface area contributed by atoms with Crippen molar-refractivity contribution in [2.24, 2.45) is 0 Å². The minimum Gasteiger partial charge on any atom is -0.447 e. The maximum absolute atomic E-state index is 13.1. The molecule has 0 fully saturated rings. The molecule has 1 unspecified atom stereocenters. The standard InChI is InChI=1S/C24H26F3N3O2/c1-3-17(2)30(14-19-10-7-11-20(12-19)24(25,26)27)15-22-29-21(16-32-22)23(31)28-13-18-8-5-4-6-9-18/h4-12,16-17H,3,13-15H2,1-2H3,(H,28,31). The quantitative estimate of drug-likeness (QED) is 0.478. The van der Waals surface area contributed by atoms with E-state index in [2.05, 4.69) is 10.3 Å². The van der Waals surface area contributed by atoms with Crippen LogP contribution in [-0.4, -0.2) is 21.8 Å². The van der Waals surface area contributed by atoms with Gasteiger partial charge in [0.25, 0.3) is 5.91 Å². The summed E-state index contributed by atoms with van der Waals surface area (Å²) in [5.74, 6) is -0.0149. The number of carbonyl (C=O) groups excluding carboxylic acids is 1. The third kappa shape index (κ3) is 6.43. The van der Waals surface area contributed by atoms with Crippen molar-refractivity contribution in [3.05, 3.63) is 89.1 Å². The molecule has 5 nitrogen and oxygen atoms in total. The van der Waals surface area contributed by atoms with E-state index >= 15 is 0 Å². The van der Waals surface area contributed by atoms with E-state index in [0.29, 0.717) is 24.5 Å². The number of halogens is 3. The lowest BCUT2D eigenvalue weighted by Crippen LogP contribution is -2.32. The number of hydrogen-bond donors (Lipinski definition) is 1. The van der Waals surface area contributed by atoms with Crippen molar-refractivity contribution >= 4 is 5.91 Å². The molecule has 8 heteroatoms. The molecule has 1 atom stereocenters. The second-order valence-corrected chi connectivity index (χ2v) is 7.66. The van der Waals surface area contributed by atoms with Crippen LogP contribution >= 0.6 is 0 Å². The topological polar surface area (TPSA) is 58.4 Å². The van der Waals surface area contributed by atoms with Gasteiger partial charge < -0.3 is 9.73 Å². The Morgan fingerprint density at radius 3 is 2.50 bits per heavy atom. The van der Waals surface area contributed by atoms with Gasteiger partial charge in [-0.25, -0.2) is 4.98 Å².